The molecule has 2 aromatic rings. The molecular formula is C14H14F3NO3. The minimum Gasteiger partial charge on any atom is -0.496 e. The predicted octanol–water partition coefficient (Wildman–Crippen LogP) is 3.22. The molecule has 114 valence electrons. The maximum atomic E-state index is 13.0. The number of hydrogen-bond donors (Lipinski definition) is 1. The van der Waals surface area contributed by atoms with Crippen molar-refractivity contribution in [2.45, 2.75) is 19.5 Å². The summed E-state index contributed by atoms with van der Waals surface area (Å²) in [7, 11) is 2.44. The van der Waals surface area contributed by atoms with Crippen LogP contribution in [0.2, 0.25) is 0 Å². The number of benzene rings is 1. The Hall–Kier alpha value is -2.18. The first-order chi connectivity index (χ1) is 9.77. The standard InChI is InChI=1S/C14H14F3NO3/c1-7-8(5-13(19)21-3)9-4-12(20-2)10(14(15,16)17)6-11(9)18-7/h4,6,18H,5H2,1-3H3. The van der Waals surface area contributed by atoms with Crippen molar-refractivity contribution < 1.29 is 27.4 Å². The van der Waals surface area contributed by atoms with E-state index in [-0.39, 0.29) is 12.2 Å². The molecular weight excluding hydrogens is 287 g/mol. The molecule has 1 aromatic carbocycles. The third-order valence-corrected chi connectivity index (χ3v) is 3.29. The van der Waals surface area contributed by atoms with Crippen molar-refractivity contribution in [3.05, 3.63) is 29.0 Å². The molecule has 0 spiro atoms. The zero-order valence-corrected chi connectivity index (χ0v) is 11.7. The fourth-order valence-corrected chi connectivity index (χ4v) is 2.25. The first-order valence-corrected chi connectivity index (χ1v) is 6.11. The molecule has 7 heteroatoms. The smallest absolute Gasteiger partial charge is 0.420 e. The molecule has 0 aliphatic rings. The highest BCUT2D eigenvalue weighted by molar-refractivity contribution is 5.90. The number of methoxy groups -OCH3 is 2. The Morgan fingerprint density at radius 2 is 1.95 bits per heavy atom. The second kappa shape index (κ2) is 5.31. The van der Waals surface area contributed by atoms with Crippen molar-refractivity contribution >= 4 is 16.9 Å². The van der Waals surface area contributed by atoms with E-state index in [2.05, 4.69) is 9.72 Å². The molecule has 1 heterocycles. The summed E-state index contributed by atoms with van der Waals surface area (Å²) < 4.78 is 48.3. The van der Waals surface area contributed by atoms with Crippen molar-refractivity contribution in [2.24, 2.45) is 0 Å². The van der Waals surface area contributed by atoms with Gasteiger partial charge in [-0.25, -0.2) is 0 Å². The Labute approximate surface area is 118 Å². The van der Waals surface area contributed by atoms with Gasteiger partial charge in [0.1, 0.15) is 5.75 Å². The van der Waals surface area contributed by atoms with Crippen molar-refractivity contribution in [2.75, 3.05) is 14.2 Å². The fraction of sp³-hybridized carbons (Fsp3) is 0.357. The molecule has 21 heavy (non-hydrogen) atoms. The number of hydrogen-bond acceptors (Lipinski definition) is 3. The van der Waals surface area contributed by atoms with Gasteiger partial charge in [-0.3, -0.25) is 4.79 Å². The monoisotopic (exact) mass is 301 g/mol. The van der Waals surface area contributed by atoms with Crippen molar-refractivity contribution in [3.8, 4) is 5.75 Å². The van der Waals surface area contributed by atoms with Gasteiger partial charge in [0, 0.05) is 16.6 Å². The van der Waals surface area contributed by atoms with E-state index in [9.17, 15) is 18.0 Å². The topological polar surface area (TPSA) is 51.3 Å². The molecule has 0 atom stereocenters. The zero-order chi connectivity index (χ0) is 15.8. The Morgan fingerprint density at radius 3 is 2.48 bits per heavy atom. The van der Waals surface area contributed by atoms with Gasteiger partial charge in [0.25, 0.3) is 0 Å². The van der Waals surface area contributed by atoms with Gasteiger partial charge in [-0.15, -0.1) is 0 Å². The van der Waals surface area contributed by atoms with E-state index >= 15 is 0 Å². The molecule has 2 rings (SSSR count). The highest BCUT2D eigenvalue weighted by atomic mass is 19.4. The van der Waals surface area contributed by atoms with Crippen LogP contribution >= 0.6 is 0 Å². The summed E-state index contributed by atoms with van der Waals surface area (Å²) >= 11 is 0. The second-order valence-electron chi connectivity index (χ2n) is 4.58. The van der Waals surface area contributed by atoms with E-state index in [0.717, 1.165) is 6.07 Å². The van der Waals surface area contributed by atoms with E-state index in [4.69, 9.17) is 4.74 Å². The van der Waals surface area contributed by atoms with Gasteiger partial charge in [0.05, 0.1) is 26.2 Å². The Bertz CT molecular complexity index is 689. The van der Waals surface area contributed by atoms with E-state index in [1.54, 1.807) is 6.92 Å². The van der Waals surface area contributed by atoms with E-state index in [1.165, 1.54) is 20.3 Å². The lowest BCUT2D eigenvalue weighted by Crippen LogP contribution is -2.08. The first-order valence-electron chi connectivity index (χ1n) is 6.11. The number of rotatable bonds is 3. The lowest BCUT2D eigenvalue weighted by molar-refractivity contribution is -0.140. The average molecular weight is 301 g/mol. The number of nitrogens with one attached hydrogen (secondary N) is 1. The van der Waals surface area contributed by atoms with Crippen LogP contribution in [0.1, 0.15) is 16.8 Å². The lowest BCUT2D eigenvalue weighted by atomic mass is 10.0. The molecule has 0 saturated heterocycles. The van der Waals surface area contributed by atoms with Crippen molar-refractivity contribution in [3.63, 3.8) is 0 Å². The zero-order valence-electron chi connectivity index (χ0n) is 11.7. The van der Waals surface area contributed by atoms with Crippen molar-refractivity contribution in [1.82, 2.24) is 4.98 Å². The Balaban J connectivity index is 2.65. The van der Waals surface area contributed by atoms with Gasteiger partial charge in [-0.2, -0.15) is 13.2 Å². The molecule has 0 radical (unpaired) electrons. The molecule has 1 N–H and O–H groups in total. The first kappa shape index (κ1) is 15.2. The van der Waals surface area contributed by atoms with Crippen LogP contribution in [-0.4, -0.2) is 25.2 Å². The van der Waals surface area contributed by atoms with Gasteiger partial charge in [0.2, 0.25) is 0 Å². The average Bonchev–Trinajstić information content (AvgIpc) is 2.72. The SMILES string of the molecule is COC(=O)Cc1c(C)[nH]c2cc(C(F)(F)F)c(OC)cc12. The van der Waals surface area contributed by atoms with E-state index in [1.807, 2.05) is 0 Å². The Kier molecular flexibility index (Phi) is 3.85. The lowest BCUT2D eigenvalue weighted by Gasteiger charge is -2.12. The number of aromatic nitrogens is 1. The number of H-pyrrole nitrogens is 1. The highest BCUT2D eigenvalue weighted by Gasteiger charge is 2.35. The predicted molar refractivity (Wildman–Crippen MR) is 70.3 cm³/mol. The van der Waals surface area contributed by atoms with Crippen LogP contribution < -0.4 is 4.74 Å². The minimum absolute atomic E-state index is 0.0170. The summed E-state index contributed by atoms with van der Waals surface area (Å²) in [5.74, 6) is -0.738. The van der Waals surface area contributed by atoms with Crippen LogP contribution in [0.15, 0.2) is 12.1 Å². The quantitative estimate of drug-likeness (QED) is 0.886. The van der Waals surface area contributed by atoms with Crippen LogP contribution in [0.4, 0.5) is 13.2 Å². The van der Waals surface area contributed by atoms with Crippen LogP contribution in [0.3, 0.4) is 0 Å². The number of aryl methyl sites for hydroxylation is 1. The maximum absolute atomic E-state index is 13.0. The second-order valence-corrected chi connectivity index (χ2v) is 4.58. The molecule has 0 bridgehead atoms. The van der Waals surface area contributed by atoms with Gasteiger partial charge in [-0.05, 0) is 24.6 Å². The third-order valence-electron chi connectivity index (χ3n) is 3.29. The van der Waals surface area contributed by atoms with Gasteiger partial charge in [0.15, 0.2) is 0 Å². The fourth-order valence-electron chi connectivity index (χ4n) is 2.25. The van der Waals surface area contributed by atoms with Crippen LogP contribution in [0.25, 0.3) is 10.9 Å². The molecule has 0 aliphatic heterocycles. The highest BCUT2D eigenvalue weighted by Crippen LogP contribution is 2.39. The van der Waals surface area contributed by atoms with Crippen LogP contribution in [0.5, 0.6) is 5.75 Å². The summed E-state index contributed by atoms with van der Waals surface area (Å²) in [4.78, 5) is 14.3. The number of alkyl halides is 3. The maximum Gasteiger partial charge on any atom is 0.420 e. The molecule has 0 unspecified atom stereocenters. The van der Waals surface area contributed by atoms with Crippen molar-refractivity contribution in [1.29, 1.82) is 0 Å². The number of ether oxygens (including phenoxy) is 2. The summed E-state index contributed by atoms with van der Waals surface area (Å²) in [6.45, 7) is 1.69. The van der Waals surface area contributed by atoms with E-state index < -0.39 is 17.7 Å². The van der Waals surface area contributed by atoms with Crippen LogP contribution in [0, 0.1) is 6.92 Å². The number of carbonyl (C=O) groups excluding carboxylic acids is 1. The van der Waals surface area contributed by atoms with E-state index in [0.29, 0.717) is 22.2 Å². The van der Waals surface area contributed by atoms with Gasteiger partial charge < -0.3 is 14.5 Å². The Morgan fingerprint density at radius 1 is 1.29 bits per heavy atom. The molecule has 0 saturated carbocycles. The number of carbonyl (C=O) groups is 1. The van der Waals surface area contributed by atoms with Gasteiger partial charge >= 0.3 is 12.1 Å². The largest absolute Gasteiger partial charge is 0.496 e. The molecule has 0 amide bonds. The summed E-state index contributed by atoms with van der Waals surface area (Å²) in [5, 5.41) is 0.516. The summed E-state index contributed by atoms with van der Waals surface area (Å²) in [5.41, 5.74) is 0.670. The molecule has 0 fully saturated rings. The summed E-state index contributed by atoms with van der Waals surface area (Å²) in [6.07, 6.45) is -4.53. The molecule has 0 aliphatic carbocycles. The number of aromatic amines is 1. The number of halogens is 3. The number of esters is 1. The normalized spacial score (nSPS) is 11.7. The minimum atomic E-state index is -4.51. The van der Waals surface area contributed by atoms with Gasteiger partial charge in [-0.1, -0.05) is 0 Å². The molecule has 1 aromatic heterocycles. The number of fused-ring (bicyclic) bond motifs is 1. The third kappa shape index (κ3) is 2.81. The summed E-state index contributed by atoms with van der Waals surface area (Å²) in [6, 6.07) is 2.28. The van der Waals surface area contributed by atoms with Crippen LogP contribution in [-0.2, 0) is 22.1 Å². The molecule has 4 nitrogen and oxygen atoms in total.